The maximum Gasteiger partial charge on any atom is 0.124 e. The van der Waals surface area contributed by atoms with Gasteiger partial charge in [0.05, 0.1) is 0 Å². The van der Waals surface area contributed by atoms with Crippen molar-refractivity contribution in [3.8, 4) is 5.75 Å². The highest BCUT2D eigenvalue weighted by atomic mass is 79.9. The summed E-state index contributed by atoms with van der Waals surface area (Å²) in [5.74, 6) is 0.952. The van der Waals surface area contributed by atoms with Gasteiger partial charge in [0.1, 0.15) is 12.4 Å². The highest BCUT2D eigenvalue weighted by molar-refractivity contribution is 9.10. The van der Waals surface area contributed by atoms with E-state index in [0.717, 1.165) is 49.4 Å². The predicted octanol–water partition coefficient (Wildman–Crippen LogP) is 5.16. The first kappa shape index (κ1) is 20.9. The lowest BCUT2D eigenvalue weighted by Gasteiger charge is -2.18. The van der Waals surface area contributed by atoms with E-state index in [2.05, 4.69) is 83.3 Å². The molecule has 26 heavy (non-hydrogen) atoms. The van der Waals surface area contributed by atoms with Crippen LogP contribution in [0.4, 0.5) is 0 Å². The highest BCUT2D eigenvalue weighted by Gasteiger charge is 2.06. The molecule has 4 heteroatoms. The topological polar surface area (TPSA) is 24.5 Å². The largest absolute Gasteiger partial charge is 0.489 e. The summed E-state index contributed by atoms with van der Waals surface area (Å²) < 4.78 is 7.20. The number of hydrogen-bond acceptors (Lipinski definition) is 3. The van der Waals surface area contributed by atoms with Gasteiger partial charge in [0.15, 0.2) is 0 Å². The van der Waals surface area contributed by atoms with Crippen LogP contribution in [-0.4, -0.2) is 31.1 Å². The van der Waals surface area contributed by atoms with Gasteiger partial charge in [-0.2, -0.15) is 0 Å². The molecular formula is C22H31BrN2O. The monoisotopic (exact) mass is 418 g/mol. The summed E-state index contributed by atoms with van der Waals surface area (Å²) in [7, 11) is 0. The summed E-state index contributed by atoms with van der Waals surface area (Å²) in [5, 5.41) is 3.55. The molecule has 2 aromatic rings. The summed E-state index contributed by atoms with van der Waals surface area (Å²) in [5.41, 5.74) is 3.69. The molecule has 0 atom stereocenters. The lowest BCUT2D eigenvalue weighted by Crippen LogP contribution is -2.27. The molecule has 0 saturated heterocycles. The zero-order valence-corrected chi connectivity index (χ0v) is 17.8. The fraction of sp³-hybridized carbons (Fsp3) is 0.455. The molecule has 0 fully saturated rings. The van der Waals surface area contributed by atoms with Crippen molar-refractivity contribution in [2.75, 3.05) is 26.2 Å². The molecule has 0 aliphatic carbocycles. The van der Waals surface area contributed by atoms with Gasteiger partial charge in [0, 0.05) is 16.6 Å². The van der Waals surface area contributed by atoms with Crippen molar-refractivity contribution in [1.82, 2.24) is 10.2 Å². The van der Waals surface area contributed by atoms with Crippen molar-refractivity contribution in [2.45, 2.75) is 40.3 Å². The molecule has 1 N–H and O–H groups in total. The van der Waals surface area contributed by atoms with Crippen molar-refractivity contribution < 1.29 is 4.74 Å². The van der Waals surface area contributed by atoms with E-state index < -0.39 is 0 Å². The van der Waals surface area contributed by atoms with Crippen LogP contribution in [0.1, 0.15) is 37.0 Å². The van der Waals surface area contributed by atoms with Gasteiger partial charge in [-0.3, -0.25) is 0 Å². The van der Waals surface area contributed by atoms with E-state index in [1.54, 1.807) is 0 Å². The normalized spacial score (nSPS) is 11.1. The van der Waals surface area contributed by atoms with E-state index in [0.29, 0.717) is 6.61 Å². The van der Waals surface area contributed by atoms with Gasteiger partial charge >= 0.3 is 0 Å². The minimum absolute atomic E-state index is 0.600. The molecule has 0 bridgehead atoms. The number of rotatable bonds is 11. The van der Waals surface area contributed by atoms with Crippen molar-refractivity contribution in [3.05, 3.63) is 63.6 Å². The number of ether oxygens (including phenoxy) is 1. The Balaban J connectivity index is 1.87. The summed E-state index contributed by atoms with van der Waals surface area (Å²) in [6.45, 7) is 12.4. The third-order valence-corrected chi connectivity index (χ3v) is 5.20. The number of hydrogen-bond donors (Lipinski definition) is 1. The van der Waals surface area contributed by atoms with Crippen molar-refractivity contribution in [1.29, 1.82) is 0 Å². The zero-order chi connectivity index (χ0) is 18.8. The Morgan fingerprint density at radius 1 is 1.04 bits per heavy atom. The Kier molecular flexibility index (Phi) is 9.16. The molecule has 142 valence electrons. The molecule has 0 unspecified atom stereocenters. The van der Waals surface area contributed by atoms with Gasteiger partial charge in [-0.05, 0) is 68.8 Å². The molecule has 0 saturated carbocycles. The Labute approximate surface area is 166 Å². The number of nitrogens with one attached hydrogen (secondary N) is 1. The molecule has 0 aromatic heterocycles. The van der Waals surface area contributed by atoms with Crippen LogP contribution in [0.25, 0.3) is 0 Å². The van der Waals surface area contributed by atoms with Crippen molar-refractivity contribution >= 4 is 15.9 Å². The average Bonchev–Trinajstić information content (AvgIpc) is 2.65. The van der Waals surface area contributed by atoms with Crippen LogP contribution in [0.3, 0.4) is 0 Å². The van der Waals surface area contributed by atoms with Gasteiger partial charge in [-0.25, -0.2) is 0 Å². The first-order valence-electron chi connectivity index (χ1n) is 9.52. The molecule has 0 radical (unpaired) electrons. The van der Waals surface area contributed by atoms with Crippen LogP contribution in [0.15, 0.2) is 46.9 Å². The Morgan fingerprint density at radius 2 is 1.81 bits per heavy atom. The molecule has 0 aliphatic heterocycles. The second kappa shape index (κ2) is 11.4. The minimum Gasteiger partial charge on any atom is -0.489 e. The molecule has 2 aromatic carbocycles. The zero-order valence-electron chi connectivity index (χ0n) is 16.2. The van der Waals surface area contributed by atoms with Crippen molar-refractivity contribution in [2.24, 2.45) is 0 Å². The fourth-order valence-corrected chi connectivity index (χ4v) is 3.35. The first-order valence-corrected chi connectivity index (χ1v) is 10.3. The van der Waals surface area contributed by atoms with Crippen LogP contribution in [0, 0.1) is 6.92 Å². The Morgan fingerprint density at radius 3 is 2.54 bits per heavy atom. The lowest BCUT2D eigenvalue weighted by atomic mass is 10.1. The molecule has 2 rings (SSSR count). The summed E-state index contributed by atoms with van der Waals surface area (Å²) in [6, 6.07) is 14.6. The van der Waals surface area contributed by atoms with E-state index >= 15 is 0 Å². The van der Waals surface area contributed by atoms with Gasteiger partial charge in [-0.1, -0.05) is 54.0 Å². The van der Waals surface area contributed by atoms with E-state index in [1.807, 2.05) is 6.07 Å². The quantitative estimate of drug-likeness (QED) is 0.510. The number of benzene rings is 2. The molecule has 3 nitrogen and oxygen atoms in total. The fourth-order valence-electron chi connectivity index (χ4n) is 2.95. The van der Waals surface area contributed by atoms with Gasteiger partial charge in [0.2, 0.25) is 0 Å². The SMILES string of the molecule is CCN(CC)CCCNCc1cc(Br)ccc1OCc1ccccc1C. The maximum atomic E-state index is 6.12. The molecular weight excluding hydrogens is 388 g/mol. The van der Waals surface area contributed by atoms with Crippen LogP contribution in [0.2, 0.25) is 0 Å². The highest BCUT2D eigenvalue weighted by Crippen LogP contribution is 2.24. The molecule has 0 heterocycles. The summed E-state index contributed by atoms with van der Waals surface area (Å²) in [6.07, 6.45) is 1.16. The lowest BCUT2D eigenvalue weighted by molar-refractivity contribution is 0.295. The first-order chi connectivity index (χ1) is 12.6. The molecule has 0 amide bonds. The average molecular weight is 419 g/mol. The van der Waals surface area contributed by atoms with Gasteiger partial charge in [0.25, 0.3) is 0 Å². The molecule has 0 spiro atoms. The standard InChI is InChI=1S/C22H31BrN2O/c1-4-25(5-2)14-8-13-24-16-20-15-21(23)11-12-22(20)26-17-19-10-7-6-9-18(19)3/h6-7,9-12,15,24H,4-5,8,13-14,16-17H2,1-3H3. The van der Waals surface area contributed by atoms with E-state index in [9.17, 15) is 0 Å². The second-order valence-corrected chi connectivity index (χ2v) is 7.44. The van der Waals surface area contributed by atoms with Crippen LogP contribution in [0.5, 0.6) is 5.75 Å². The summed E-state index contributed by atoms with van der Waals surface area (Å²) in [4.78, 5) is 2.46. The van der Waals surface area contributed by atoms with Crippen LogP contribution >= 0.6 is 15.9 Å². The second-order valence-electron chi connectivity index (χ2n) is 6.52. The number of halogens is 1. The Bertz CT molecular complexity index is 671. The molecule has 0 aliphatic rings. The van der Waals surface area contributed by atoms with E-state index in [4.69, 9.17) is 4.74 Å². The maximum absolute atomic E-state index is 6.12. The van der Waals surface area contributed by atoms with Gasteiger partial charge in [-0.15, -0.1) is 0 Å². The number of aryl methyl sites for hydroxylation is 1. The van der Waals surface area contributed by atoms with Crippen molar-refractivity contribution in [3.63, 3.8) is 0 Å². The third kappa shape index (κ3) is 6.75. The number of nitrogens with zero attached hydrogens (tertiary/aromatic N) is 1. The summed E-state index contributed by atoms with van der Waals surface area (Å²) >= 11 is 3.57. The Hall–Kier alpha value is -1.36. The van der Waals surface area contributed by atoms with Crippen LogP contribution in [-0.2, 0) is 13.2 Å². The smallest absolute Gasteiger partial charge is 0.124 e. The van der Waals surface area contributed by atoms with Gasteiger partial charge < -0.3 is 15.0 Å². The third-order valence-electron chi connectivity index (χ3n) is 4.70. The predicted molar refractivity (Wildman–Crippen MR) is 114 cm³/mol. The van der Waals surface area contributed by atoms with Crippen LogP contribution < -0.4 is 10.1 Å². The van der Waals surface area contributed by atoms with E-state index in [1.165, 1.54) is 16.7 Å². The van der Waals surface area contributed by atoms with E-state index in [-0.39, 0.29) is 0 Å². The minimum atomic E-state index is 0.600.